The molecule has 0 aliphatic carbocycles. The third kappa shape index (κ3) is 6.40. The standard InChI is InChI=1S/C21H19ClFN5O2S/c1-2-10-28-18(12-24-20(30)14-6-8-15(22)9-7-14)26-27-21(28)31-13-19(29)25-17-5-3-4-16(23)11-17/h2-9,11H,1,10,12-13H2,(H,24,30)(H,25,29). The largest absolute Gasteiger partial charge is 0.345 e. The molecule has 31 heavy (non-hydrogen) atoms. The monoisotopic (exact) mass is 459 g/mol. The Kier molecular flexibility index (Phi) is 7.80. The lowest BCUT2D eigenvalue weighted by Gasteiger charge is -2.09. The van der Waals surface area contributed by atoms with Gasteiger partial charge in [0.05, 0.1) is 12.3 Å². The number of halogens is 2. The second kappa shape index (κ2) is 10.7. The zero-order valence-corrected chi connectivity index (χ0v) is 17.9. The minimum absolute atomic E-state index is 0.0585. The molecule has 2 aromatic carbocycles. The highest BCUT2D eigenvalue weighted by atomic mass is 35.5. The first-order valence-corrected chi connectivity index (χ1v) is 10.6. The number of nitrogens with zero attached hydrogens (tertiary/aromatic N) is 3. The number of hydrogen-bond acceptors (Lipinski definition) is 5. The summed E-state index contributed by atoms with van der Waals surface area (Å²) < 4.78 is 15.0. The van der Waals surface area contributed by atoms with Gasteiger partial charge in [-0.2, -0.15) is 0 Å². The summed E-state index contributed by atoms with van der Waals surface area (Å²) in [4.78, 5) is 24.5. The molecule has 0 saturated carbocycles. The van der Waals surface area contributed by atoms with Crippen LogP contribution in [0.15, 0.2) is 66.3 Å². The molecule has 0 aliphatic heterocycles. The predicted molar refractivity (Wildman–Crippen MR) is 119 cm³/mol. The number of carbonyl (C=O) groups is 2. The van der Waals surface area contributed by atoms with Crippen LogP contribution in [-0.4, -0.2) is 32.3 Å². The second-order valence-electron chi connectivity index (χ2n) is 6.33. The Morgan fingerprint density at radius 1 is 1.19 bits per heavy atom. The van der Waals surface area contributed by atoms with Gasteiger partial charge in [0.2, 0.25) is 5.91 Å². The summed E-state index contributed by atoms with van der Waals surface area (Å²) in [6.45, 7) is 4.29. The number of benzene rings is 2. The molecule has 3 aromatic rings. The molecule has 0 radical (unpaired) electrons. The number of thioether (sulfide) groups is 1. The van der Waals surface area contributed by atoms with E-state index < -0.39 is 5.82 Å². The van der Waals surface area contributed by atoms with Crippen LogP contribution < -0.4 is 10.6 Å². The van der Waals surface area contributed by atoms with Crippen LogP contribution in [-0.2, 0) is 17.9 Å². The highest BCUT2D eigenvalue weighted by Crippen LogP contribution is 2.18. The zero-order chi connectivity index (χ0) is 22.2. The average molecular weight is 460 g/mol. The molecule has 2 N–H and O–H groups in total. The maximum absolute atomic E-state index is 13.2. The quantitative estimate of drug-likeness (QED) is 0.374. The van der Waals surface area contributed by atoms with Crippen LogP contribution in [0.3, 0.4) is 0 Å². The minimum atomic E-state index is -0.429. The van der Waals surface area contributed by atoms with E-state index in [-0.39, 0.29) is 24.1 Å². The molecule has 0 bridgehead atoms. The van der Waals surface area contributed by atoms with Crippen molar-refractivity contribution in [3.05, 3.63) is 83.4 Å². The van der Waals surface area contributed by atoms with Crippen LogP contribution in [0.5, 0.6) is 0 Å². The molecule has 1 heterocycles. The topological polar surface area (TPSA) is 88.9 Å². The first kappa shape index (κ1) is 22.5. The lowest BCUT2D eigenvalue weighted by Crippen LogP contribution is -2.24. The van der Waals surface area contributed by atoms with E-state index in [1.807, 2.05) is 0 Å². The molecule has 7 nitrogen and oxygen atoms in total. The summed E-state index contributed by atoms with van der Waals surface area (Å²) in [5.74, 6) is -0.422. The zero-order valence-electron chi connectivity index (χ0n) is 16.3. The number of allylic oxidation sites excluding steroid dienone is 1. The van der Waals surface area contributed by atoms with Crippen molar-refractivity contribution in [1.29, 1.82) is 0 Å². The van der Waals surface area contributed by atoms with Crippen LogP contribution in [0.4, 0.5) is 10.1 Å². The van der Waals surface area contributed by atoms with Crippen molar-refractivity contribution in [2.45, 2.75) is 18.2 Å². The fourth-order valence-corrected chi connectivity index (χ4v) is 3.52. The maximum atomic E-state index is 13.2. The van der Waals surface area contributed by atoms with E-state index in [1.165, 1.54) is 30.0 Å². The van der Waals surface area contributed by atoms with Gasteiger partial charge in [0.25, 0.3) is 5.91 Å². The Morgan fingerprint density at radius 3 is 2.68 bits per heavy atom. The predicted octanol–water partition coefficient (Wildman–Crippen LogP) is 3.92. The summed E-state index contributed by atoms with van der Waals surface area (Å²) in [5, 5.41) is 14.7. The van der Waals surface area contributed by atoms with E-state index >= 15 is 0 Å². The van der Waals surface area contributed by atoms with E-state index in [0.717, 1.165) is 0 Å². The van der Waals surface area contributed by atoms with Gasteiger partial charge in [0.1, 0.15) is 5.82 Å². The van der Waals surface area contributed by atoms with Gasteiger partial charge in [-0.3, -0.25) is 9.59 Å². The molecule has 160 valence electrons. The molecule has 0 unspecified atom stereocenters. The highest BCUT2D eigenvalue weighted by molar-refractivity contribution is 7.99. The Balaban J connectivity index is 1.60. The van der Waals surface area contributed by atoms with Crippen molar-refractivity contribution in [3.63, 3.8) is 0 Å². The third-order valence-corrected chi connectivity index (χ3v) is 5.28. The first-order valence-electron chi connectivity index (χ1n) is 9.21. The molecule has 0 aliphatic rings. The van der Waals surface area contributed by atoms with Gasteiger partial charge in [-0.25, -0.2) is 4.39 Å². The molecule has 1 aromatic heterocycles. The van der Waals surface area contributed by atoms with Crippen molar-refractivity contribution in [2.24, 2.45) is 0 Å². The number of carbonyl (C=O) groups excluding carboxylic acids is 2. The Bertz CT molecular complexity index is 1090. The minimum Gasteiger partial charge on any atom is -0.345 e. The van der Waals surface area contributed by atoms with E-state index in [1.54, 1.807) is 41.0 Å². The molecular formula is C21H19ClFN5O2S. The lowest BCUT2D eigenvalue weighted by atomic mass is 10.2. The van der Waals surface area contributed by atoms with Crippen LogP contribution in [0.25, 0.3) is 0 Å². The average Bonchev–Trinajstić information content (AvgIpc) is 3.13. The first-order chi connectivity index (χ1) is 15.0. The van der Waals surface area contributed by atoms with E-state index in [9.17, 15) is 14.0 Å². The maximum Gasteiger partial charge on any atom is 0.251 e. The molecule has 0 atom stereocenters. The Labute approximate surface area is 187 Å². The number of nitrogens with one attached hydrogen (secondary N) is 2. The van der Waals surface area contributed by atoms with Gasteiger partial charge < -0.3 is 15.2 Å². The molecule has 10 heteroatoms. The Morgan fingerprint density at radius 2 is 1.97 bits per heavy atom. The molecule has 0 saturated heterocycles. The summed E-state index contributed by atoms with van der Waals surface area (Å²) in [6.07, 6.45) is 1.67. The van der Waals surface area contributed by atoms with Crippen molar-refractivity contribution >= 4 is 40.9 Å². The summed E-state index contributed by atoms with van der Waals surface area (Å²) in [5.41, 5.74) is 0.853. The number of amides is 2. The second-order valence-corrected chi connectivity index (χ2v) is 7.71. The lowest BCUT2D eigenvalue weighted by molar-refractivity contribution is -0.113. The van der Waals surface area contributed by atoms with E-state index in [0.29, 0.717) is 33.8 Å². The SMILES string of the molecule is C=CCn1c(CNC(=O)c2ccc(Cl)cc2)nnc1SCC(=O)Nc1cccc(F)c1. The number of anilines is 1. The highest BCUT2D eigenvalue weighted by Gasteiger charge is 2.15. The van der Waals surface area contributed by atoms with Crippen LogP contribution in [0.2, 0.25) is 5.02 Å². The number of aromatic nitrogens is 3. The van der Waals surface area contributed by atoms with Gasteiger partial charge in [-0.05, 0) is 42.5 Å². The molecule has 2 amide bonds. The number of hydrogen-bond donors (Lipinski definition) is 2. The van der Waals surface area contributed by atoms with Gasteiger partial charge in [0.15, 0.2) is 11.0 Å². The smallest absolute Gasteiger partial charge is 0.251 e. The van der Waals surface area contributed by atoms with Gasteiger partial charge in [0, 0.05) is 22.8 Å². The fraction of sp³-hybridized carbons (Fsp3) is 0.143. The third-order valence-electron chi connectivity index (χ3n) is 4.06. The van der Waals surface area contributed by atoms with Crippen molar-refractivity contribution in [3.8, 4) is 0 Å². The van der Waals surface area contributed by atoms with Crippen LogP contribution >= 0.6 is 23.4 Å². The van der Waals surface area contributed by atoms with Crippen LogP contribution in [0, 0.1) is 5.82 Å². The van der Waals surface area contributed by atoms with Crippen molar-refractivity contribution < 1.29 is 14.0 Å². The van der Waals surface area contributed by atoms with Gasteiger partial charge in [-0.1, -0.05) is 35.5 Å². The normalized spacial score (nSPS) is 10.5. The van der Waals surface area contributed by atoms with Crippen molar-refractivity contribution in [2.75, 3.05) is 11.1 Å². The van der Waals surface area contributed by atoms with E-state index in [2.05, 4.69) is 27.4 Å². The Hall–Kier alpha value is -3.17. The van der Waals surface area contributed by atoms with E-state index in [4.69, 9.17) is 11.6 Å². The summed E-state index contributed by atoms with van der Waals surface area (Å²) in [7, 11) is 0. The van der Waals surface area contributed by atoms with Gasteiger partial charge >= 0.3 is 0 Å². The molecule has 0 spiro atoms. The molecule has 0 fully saturated rings. The molecule has 3 rings (SSSR count). The summed E-state index contributed by atoms with van der Waals surface area (Å²) in [6, 6.07) is 12.2. The number of rotatable bonds is 9. The van der Waals surface area contributed by atoms with Crippen LogP contribution in [0.1, 0.15) is 16.2 Å². The fourth-order valence-electron chi connectivity index (χ4n) is 2.63. The van der Waals surface area contributed by atoms with Crippen molar-refractivity contribution in [1.82, 2.24) is 20.1 Å². The summed E-state index contributed by atoms with van der Waals surface area (Å²) >= 11 is 7.02. The molecular weight excluding hydrogens is 441 g/mol. The van der Waals surface area contributed by atoms with Gasteiger partial charge in [-0.15, -0.1) is 16.8 Å².